The number of nitrogens with zero attached hydrogens (tertiary/aromatic N) is 2. The Hall–Kier alpha value is -1.26. The molecular weight excluding hydrogens is 230 g/mol. The monoisotopic (exact) mass is 247 g/mol. The molecule has 0 aromatic carbocycles. The van der Waals surface area contributed by atoms with Gasteiger partial charge in [0.15, 0.2) is 0 Å². The number of aryl methyl sites for hydroxylation is 2. The molecule has 90 valence electrons. The molecule has 0 radical (unpaired) electrons. The lowest BCUT2D eigenvalue weighted by Crippen LogP contribution is -2.09. The molecule has 0 atom stereocenters. The second-order valence-corrected chi connectivity index (χ2v) is 4.91. The molecule has 0 saturated carbocycles. The molecular formula is C13H17N3S. The van der Waals surface area contributed by atoms with E-state index in [9.17, 15) is 0 Å². The quantitative estimate of drug-likeness (QED) is 0.825. The van der Waals surface area contributed by atoms with E-state index >= 15 is 0 Å². The average Bonchev–Trinajstić information content (AvgIpc) is 2.76. The summed E-state index contributed by atoms with van der Waals surface area (Å²) >= 11 is 1.74. The van der Waals surface area contributed by atoms with Crippen LogP contribution in [0.4, 0.5) is 0 Å². The van der Waals surface area contributed by atoms with Gasteiger partial charge in [0, 0.05) is 12.6 Å². The smallest absolute Gasteiger partial charge is 0.129 e. The van der Waals surface area contributed by atoms with Crippen molar-refractivity contribution in [2.24, 2.45) is 0 Å². The van der Waals surface area contributed by atoms with Gasteiger partial charge >= 0.3 is 0 Å². The van der Waals surface area contributed by atoms with Gasteiger partial charge in [-0.25, -0.2) is 9.97 Å². The first-order valence-electron chi connectivity index (χ1n) is 5.82. The van der Waals surface area contributed by atoms with Crippen molar-refractivity contribution in [1.29, 1.82) is 0 Å². The van der Waals surface area contributed by atoms with Crippen LogP contribution in [-0.2, 0) is 6.42 Å². The van der Waals surface area contributed by atoms with Crippen LogP contribution in [0.5, 0.6) is 0 Å². The molecule has 0 amide bonds. The Kier molecular flexibility index (Phi) is 4.23. The molecule has 0 bridgehead atoms. The summed E-state index contributed by atoms with van der Waals surface area (Å²) in [4.78, 5) is 10.2. The summed E-state index contributed by atoms with van der Waals surface area (Å²) in [5.74, 6) is 0.936. The van der Waals surface area contributed by atoms with Crippen LogP contribution in [-0.4, -0.2) is 23.6 Å². The van der Waals surface area contributed by atoms with E-state index in [2.05, 4.69) is 33.7 Å². The molecule has 2 rings (SSSR count). The summed E-state index contributed by atoms with van der Waals surface area (Å²) in [6, 6.07) is 4.11. The van der Waals surface area contributed by atoms with Crippen molar-refractivity contribution in [1.82, 2.24) is 15.3 Å². The summed E-state index contributed by atoms with van der Waals surface area (Å²) < 4.78 is 0. The highest BCUT2D eigenvalue weighted by atomic mass is 32.1. The van der Waals surface area contributed by atoms with Crippen LogP contribution in [0, 0.1) is 6.92 Å². The minimum Gasteiger partial charge on any atom is -0.320 e. The molecule has 0 aliphatic rings. The van der Waals surface area contributed by atoms with Gasteiger partial charge < -0.3 is 5.32 Å². The van der Waals surface area contributed by atoms with Crippen molar-refractivity contribution in [2.45, 2.75) is 19.8 Å². The molecule has 0 aliphatic carbocycles. The fraction of sp³-hybridized carbons (Fsp3) is 0.385. The standard InChI is InChI=1S/C13H17N3S/c1-10-6-9-17-13(10)11-5-8-15-12(16-11)4-3-7-14-2/h5-6,8-9,14H,3-4,7H2,1-2H3. The Morgan fingerprint density at radius 2 is 2.24 bits per heavy atom. The third kappa shape index (κ3) is 3.11. The highest BCUT2D eigenvalue weighted by Gasteiger charge is 2.06. The number of thiophene rings is 1. The molecule has 0 fully saturated rings. The van der Waals surface area contributed by atoms with Gasteiger partial charge in [-0.1, -0.05) is 0 Å². The van der Waals surface area contributed by atoms with Crippen LogP contribution in [0.15, 0.2) is 23.7 Å². The number of hydrogen-bond donors (Lipinski definition) is 1. The predicted molar refractivity (Wildman–Crippen MR) is 72.3 cm³/mol. The van der Waals surface area contributed by atoms with Crippen LogP contribution in [0.25, 0.3) is 10.6 Å². The van der Waals surface area contributed by atoms with Crippen molar-refractivity contribution in [3.63, 3.8) is 0 Å². The van der Waals surface area contributed by atoms with Crippen molar-refractivity contribution < 1.29 is 0 Å². The maximum absolute atomic E-state index is 4.62. The lowest BCUT2D eigenvalue weighted by atomic mass is 10.2. The number of nitrogens with one attached hydrogen (secondary N) is 1. The van der Waals surface area contributed by atoms with Crippen LogP contribution in [0.2, 0.25) is 0 Å². The van der Waals surface area contributed by atoms with E-state index in [1.807, 2.05) is 19.3 Å². The second kappa shape index (κ2) is 5.89. The van der Waals surface area contributed by atoms with Gasteiger partial charge in [-0.2, -0.15) is 0 Å². The lowest BCUT2D eigenvalue weighted by molar-refractivity contribution is 0.703. The lowest BCUT2D eigenvalue weighted by Gasteiger charge is -2.03. The van der Waals surface area contributed by atoms with Gasteiger partial charge in [-0.05, 0) is 50.0 Å². The molecule has 1 N–H and O–H groups in total. The molecule has 0 saturated heterocycles. The van der Waals surface area contributed by atoms with Gasteiger partial charge in [0.25, 0.3) is 0 Å². The predicted octanol–water partition coefficient (Wildman–Crippen LogP) is 2.67. The summed E-state index contributed by atoms with van der Waals surface area (Å²) in [7, 11) is 1.96. The third-order valence-electron chi connectivity index (χ3n) is 2.63. The summed E-state index contributed by atoms with van der Waals surface area (Å²) in [5.41, 5.74) is 2.34. The first kappa shape index (κ1) is 12.2. The first-order valence-corrected chi connectivity index (χ1v) is 6.70. The van der Waals surface area contributed by atoms with Crippen LogP contribution in [0.1, 0.15) is 17.8 Å². The number of aromatic nitrogens is 2. The van der Waals surface area contributed by atoms with E-state index in [0.29, 0.717) is 0 Å². The Balaban J connectivity index is 2.14. The molecule has 0 spiro atoms. The van der Waals surface area contributed by atoms with Gasteiger partial charge in [0.05, 0.1) is 10.6 Å². The maximum atomic E-state index is 4.62. The molecule has 2 aromatic heterocycles. The zero-order valence-corrected chi connectivity index (χ0v) is 11.0. The summed E-state index contributed by atoms with van der Waals surface area (Å²) in [6.07, 6.45) is 3.86. The molecule has 2 heterocycles. The van der Waals surface area contributed by atoms with Gasteiger partial charge in [-0.3, -0.25) is 0 Å². The third-order valence-corrected chi connectivity index (χ3v) is 3.67. The minimum absolute atomic E-state index is 0.930. The van der Waals surface area contributed by atoms with E-state index in [-0.39, 0.29) is 0 Å². The molecule has 0 aliphatic heterocycles. The van der Waals surface area contributed by atoms with Crippen molar-refractivity contribution in [3.8, 4) is 10.6 Å². The van der Waals surface area contributed by atoms with Gasteiger partial charge in [-0.15, -0.1) is 11.3 Å². The fourth-order valence-corrected chi connectivity index (χ4v) is 2.60. The minimum atomic E-state index is 0.930. The van der Waals surface area contributed by atoms with Crippen LogP contribution >= 0.6 is 11.3 Å². The van der Waals surface area contributed by atoms with E-state index < -0.39 is 0 Å². The first-order chi connectivity index (χ1) is 8.31. The van der Waals surface area contributed by atoms with Crippen molar-refractivity contribution in [3.05, 3.63) is 35.1 Å². The van der Waals surface area contributed by atoms with Gasteiger partial charge in [0.2, 0.25) is 0 Å². The molecule has 2 aromatic rings. The molecule has 0 unspecified atom stereocenters. The Labute approximate surface area is 106 Å². The van der Waals surface area contributed by atoms with E-state index in [1.165, 1.54) is 10.4 Å². The Morgan fingerprint density at radius 1 is 1.35 bits per heavy atom. The zero-order valence-electron chi connectivity index (χ0n) is 10.2. The molecule has 4 heteroatoms. The van der Waals surface area contributed by atoms with Crippen molar-refractivity contribution >= 4 is 11.3 Å². The van der Waals surface area contributed by atoms with Crippen LogP contribution in [0.3, 0.4) is 0 Å². The Morgan fingerprint density at radius 3 is 2.94 bits per heavy atom. The van der Waals surface area contributed by atoms with Gasteiger partial charge in [0.1, 0.15) is 5.82 Å². The van der Waals surface area contributed by atoms with Crippen molar-refractivity contribution in [2.75, 3.05) is 13.6 Å². The number of hydrogen-bond acceptors (Lipinski definition) is 4. The molecule has 17 heavy (non-hydrogen) atoms. The topological polar surface area (TPSA) is 37.8 Å². The maximum Gasteiger partial charge on any atom is 0.129 e. The number of rotatable bonds is 5. The largest absolute Gasteiger partial charge is 0.320 e. The highest BCUT2D eigenvalue weighted by molar-refractivity contribution is 7.13. The Bertz CT molecular complexity index is 479. The summed E-state index contributed by atoms with van der Waals surface area (Å²) in [6.45, 7) is 3.13. The molecule has 3 nitrogen and oxygen atoms in total. The van der Waals surface area contributed by atoms with Crippen LogP contribution < -0.4 is 5.32 Å². The van der Waals surface area contributed by atoms with E-state index in [4.69, 9.17) is 0 Å². The zero-order chi connectivity index (χ0) is 12.1. The second-order valence-electron chi connectivity index (χ2n) is 4.00. The van der Waals surface area contributed by atoms with E-state index in [0.717, 1.165) is 30.9 Å². The highest BCUT2D eigenvalue weighted by Crippen LogP contribution is 2.26. The van der Waals surface area contributed by atoms with E-state index in [1.54, 1.807) is 11.3 Å². The SMILES string of the molecule is CNCCCc1nccc(-c2sccc2C)n1. The fourth-order valence-electron chi connectivity index (χ4n) is 1.70. The average molecular weight is 247 g/mol. The summed E-state index contributed by atoms with van der Waals surface area (Å²) in [5, 5.41) is 5.24. The normalized spacial score (nSPS) is 10.7.